The van der Waals surface area contributed by atoms with E-state index in [1.807, 2.05) is 6.21 Å². The van der Waals surface area contributed by atoms with Gasteiger partial charge in [-0.1, -0.05) is 31.8 Å². The lowest BCUT2D eigenvalue weighted by molar-refractivity contribution is 0.324. The van der Waals surface area contributed by atoms with Crippen LogP contribution in [0, 0.1) is 11.3 Å². The van der Waals surface area contributed by atoms with Crippen LogP contribution in [0.2, 0.25) is 0 Å². The minimum atomic E-state index is 0.0546. The van der Waals surface area contributed by atoms with Crippen LogP contribution in [0.5, 0.6) is 0 Å². The third-order valence-electron chi connectivity index (χ3n) is 2.81. The summed E-state index contributed by atoms with van der Waals surface area (Å²) in [6.07, 6.45) is 9.65. The van der Waals surface area contributed by atoms with Crippen molar-refractivity contribution in [2.45, 2.75) is 39.5 Å². The molecular weight excluding hydrogens is 226 g/mol. The molecule has 1 atom stereocenters. The Morgan fingerprint density at radius 1 is 1.44 bits per heavy atom. The quantitative estimate of drug-likeness (QED) is 0.454. The summed E-state index contributed by atoms with van der Waals surface area (Å²) in [7, 11) is 0. The fraction of sp³-hybridized carbons (Fsp3) is 0.500. The Hall–Kier alpha value is -1.71. The maximum atomic E-state index is 7.71. The molecule has 1 N–H and O–H groups in total. The molecule has 0 saturated heterocycles. The molecule has 4 heteroatoms. The van der Waals surface area contributed by atoms with Crippen molar-refractivity contribution in [1.82, 2.24) is 4.98 Å². The molecule has 1 heterocycles. The summed E-state index contributed by atoms with van der Waals surface area (Å²) >= 11 is 0. The Labute approximate surface area is 109 Å². The Morgan fingerprint density at radius 3 is 2.78 bits per heavy atom. The summed E-state index contributed by atoms with van der Waals surface area (Å²) in [4.78, 5) is 8.96. The molecule has 0 aliphatic rings. The van der Waals surface area contributed by atoms with Crippen LogP contribution in [0.25, 0.3) is 0 Å². The largest absolute Gasteiger partial charge is 0.337 e. The van der Waals surface area contributed by atoms with Crippen LogP contribution in [0.15, 0.2) is 29.7 Å². The molecule has 1 unspecified atom stereocenters. The van der Waals surface area contributed by atoms with Crippen molar-refractivity contribution in [3.63, 3.8) is 0 Å². The van der Waals surface area contributed by atoms with Gasteiger partial charge in [-0.05, 0) is 30.9 Å². The maximum absolute atomic E-state index is 7.71. The monoisotopic (exact) mass is 247 g/mol. The first-order valence-corrected chi connectivity index (χ1v) is 6.47. The lowest BCUT2D eigenvalue weighted by Crippen LogP contribution is -2.04. The third kappa shape index (κ3) is 5.08. The van der Waals surface area contributed by atoms with Gasteiger partial charge in [0.1, 0.15) is 0 Å². The van der Waals surface area contributed by atoms with E-state index in [2.05, 4.69) is 24.0 Å². The van der Waals surface area contributed by atoms with Crippen molar-refractivity contribution in [3.8, 4) is 0 Å². The number of hydrogen-bond donors (Lipinski definition) is 1. The van der Waals surface area contributed by atoms with Gasteiger partial charge >= 0.3 is 0 Å². The Kier molecular flexibility index (Phi) is 6.69. The van der Waals surface area contributed by atoms with Crippen molar-refractivity contribution in [3.05, 3.63) is 30.1 Å². The smallest absolute Gasteiger partial charge is 0.248 e. The van der Waals surface area contributed by atoms with Gasteiger partial charge in [-0.15, -0.1) is 0 Å². The molecule has 0 aliphatic heterocycles. The van der Waals surface area contributed by atoms with Crippen LogP contribution in [-0.2, 0) is 4.84 Å². The number of rotatable bonds is 7. The first kappa shape index (κ1) is 14.4. The number of nitrogens with one attached hydrogen (secondary N) is 1. The molecule has 1 aromatic rings. The van der Waals surface area contributed by atoms with Gasteiger partial charge < -0.3 is 4.84 Å². The van der Waals surface area contributed by atoms with Crippen molar-refractivity contribution < 1.29 is 4.84 Å². The molecule has 0 aliphatic carbocycles. The Bertz CT molecular complexity index is 376. The van der Waals surface area contributed by atoms with Crippen LogP contribution in [0.3, 0.4) is 0 Å². The molecule has 0 bridgehead atoms. The zero-order valence-electron chi connectivity index (χ0n) is 11.1. The van der Waals surface area contributed by atoms with Gasteiger partial charge in [0.15, 0.2) is 0 Å². The van der Waals surface area contributed by atoms with Gasteiger partial charge in [-0.2, -0.15) is 0 Å². The summed E-state index contributed by atoms with van der Waals surface area (Å²) in [6, 6.07) is 3.46. The molecular formula is C14H21N3O. The highest BCUT2D eigenvalue weighted by atomic mass is 16.6. The normalized spacial score (nSPS) is 12.6. The molecule has 1 aromatic heterocycles. The van der Waals surface area contributed by atoms with Crippen molar-refractivity contribution >= 4 is 12.1 Å². The lowest BCUT2D eigenvalue weighted by atomic mass is 10.0. The van der Waals surface area contributed by atoms with Gasteiger partial charge in [-0.3, -0.25) is 10.4 Å². The van der Waals surface area contributed by atoms with Crippen molar-refractivity contribution in [1.29, 1.82) is 5.41 Å². The molecule has 18 heavy (non-hydrogen) atoms. The number of hydrogen-bond acceptors (Lipinski definition) is 4. The van der Waals surface area contributed by atoms with E-state index in [4.69, 9.17) is 10.2 Å². The zero-order chi connectivity index (χ0) is 13.2. The first-order valence-electron chi connectivity index (χ1n) is 6.47. The molecule has 0 saturated carbocycles. The minimum Gasteiger partial charge on any atom is -0.337 e. The van der Waals surface area contributed by atoms with E-state index in [1.54, 1.807) is 24.5 Å². The summed E-state index contributed by atoms with van der Waals surface area (Å²) in [5.74, 6) is 0.495. The second-order valence-corrected chi connectivity index (χ2v) is 4.22. The van der Waals surface area contributed by atoms with Crippen molar-refractivity contribution in [2.75, 3.05) is 0 Å². The molecule has 0 radical (unpaired) electrons. The number of aromatic nitrogens is 1. The number of pyridine rings is 1. The predicted octanol–water partition coefficient (Wildman–Crippen LogP) is 3.63. The molecule has 0 spiro atoms. The van der Waals surface area contributed by atoms with E-state index in [0.717, 1.165) is 12.8 Å². The lowest BCUT2D eigenvalue weighted by Gasteiger charge is -2.07. The summed E-state index contributed by atoms with van der Waals surface area (Å²) in [5, 5.41) is 11.6. The Balaban J connectivity index is 2.41. The van der Waals surface area contributed by atoms with Crippen LogP contribution in [0.1, 0.15) is 45.1 Å². The Morgan fingerprint density at radius 2 is 2.17 bits per heavy atom. The topological polar surface area (TPSA) is 58.3 Å². The van der Waals surface area contributed by atoms with Crippen LogP contribution in [-0.4, -0.2) is 17.1 Å². The van der Waals surface area contributed by atoms with E-state index >= 15 is 0 Å². The maximum Gasteiger partial charge on any atom is 0.248 e. The van der Waals surface area contributed by atoms with E-state index in [0.29, 0.717) is 11.5 Å². The highest BCUT2D eigenvalue weighted by Gasteiger charge is 2.04. The predicted molar refractivity (Wildman–Crippen MR) is 73.9 cm³/mol. The van der Waals surface area contributed by atoms with E-state index in [-0.39, 0.29) is 5.90 Å². The number of nitrogens with zero attached hydrogens (tertiary/aromatic N) is 2. The highest BCUT2D eigenvalue weighted by molar-refractivity contribution is 5.91. The van der Waals surface area contributed by atoms with Crippen LogP contribution >= 0.6 is 0 Å². The second kappa shape index (κ2) is 8.39. The molecule has 98 valence electrons. The molecule has 1 rings (SSSR count). The summed E-state index contributed by atoms with van der Waals surface area (Å²) < 4.78 is 0. The third-order valence-corrected chi connectivity index (χ3v) is 2.81. The average molecular weight is 247 g/mol. The van der Waals surface area contributed by atoms with Gasteiger partial charge in [0.2, 0.25) is 5.90 Å². The molecule has 0 fully saturated rings. The van der Waals surface area contributed by atoms with Gasteiger partial charge in [-0.25, -0.2) is 0 Å². The fourth-order valence-electron chi connectivity index (χ4n) is 1.58. The van der Waals surface area contributed by atoms with E-state index in [1.165, 1.54) is 12.8 Å². The number of oxime groups is 1. The van der Waals surface area contributed by atoms with Gasteiger partial charge in [0.05, 0.1) is 0 Å². The molecule has 0 amide bonds. The summed E-state index contributed by atoms with van der Waals surface area (Å²) in [6.45, 7) is 4.32. The molecule has 4 nitrogen and oxygen atoms in total. The van der Waals surface area contributed by atoms with Gasteiger partial charge in [0.25, 0.3) is 0 Å². The highest BCUT2D eigenvalue weighted by Crippen LogP contribution is 2.10. The van der Waals surface area contributed by atoms with Crippen molar-refractivity contribution in [2.24, 2.45) is 11.1 Å². The van der Waals surface area contributed by atoms with Crippen LogP contribution in [0.4, 0.5) is 0 Å². The first-order chi connectivity index (χ1) is 8.77. The van der Waals surface area contributed by atoms with E-state index < -0.39 is 0 Å². The fourth-order valence-corrected chi connectivity index (χ4v) is 1.58. The average Bonchev–Trinajstić information content (AvgIpc) is 2.43. The summed E-state index contributed by atoms with van der Waals surface area (Å²) in [5.41, 5.74) is 0.684. The SMILES string of the molecule is CCCCC(/C=N/OC(=N)c1ccncc1)CC. The minimum absolute atomic E-state index is 0.0546. The van der Waals surface area contributed by atoms with Crippen LogP contribution < -0.4 is 0 Å². The second-order valence-electron chi connectivity index (χ2n) is 4.22. The zero-order valence-corrected chi connectivity index (χ0v) is 11.1. The van der Waals surface area contributed by atoms with Gasteiger partial charge in [0, 0.05) is 24.2 Å². The van der Waals surface area contributed by atoms with E-state index in [9.17, 15) is 0 Å². The molecule has 0 aromatic carbocycles. The number of unbranched alkanes of at least 4 members (excludes halogenated alkanes) is 1. The standard InChI is InChI=1S/C14H21N3O/c1-3-5-6-12(4-2)11-17-18-14(15)13-7-9-16-10-8-13/h7-12,15H,3-6H2,1-2H3/b15-14?,17-11+.